The van der Waals surface area contributed by atoms with Gasteiger partial charge in [-0.25, -0.2) is 4.39 Å². The SMILES string of the molecule is CCNC(c1ccc(F)cc1C)c1cnccc1N. The van der Waals surface area contributed by atoms with E-state index in [1.165, 1.54) is 12.1 Å². The molecule has 0 radical (unpaired) electrons. The predicted molar refractivity (Wildman–Crippen MR) is 75.3 cm³/mol. The number of benzene rings is 1. The Hall–Kier alpha value is -1.94. The third kappa shape index (κ3) is 2.90. The molecule has 0 saturated carbocycles. The normalized spacial score (nSPS) is 12.4. The molecule has 1 unspecified atom stereocenters. The van der Waals surface area contributed by atoms with Gasteiger partial charge in [0.1, 0.15) is 5.82 Å². The molecule has 2 aromatic rings. The van der Waals surface area contributed by atoms with E-state index < -0.39 is 0 Å². The van der Waals surface area contributed by atoms with E-state index >= 15 is 0 Å². The number of nitrogens with zero attached hydrogens (tertiary/aromatic N) is 1. The number of rotatable bonds is 4. The van der Waals surface area contributed by atoms with Gasteiger partial charge in [0.05, 0.1) is 6.04 Å². The fourth-order valence-electron chi connectivity index (χ4n) is 2.21. The summed E-state index contributed by atoms with van der Waals surface area (Å²) in [4.78, 5) is 4.13. The van der Waals surface area contributed by atoms with E-state index in [9.17, 15) is 4.39 Å². The number of nitrogens with two attached hydrogens (primary N) is 1. The van der Waals surface area contributed by atoms with Crippen LogP contribution in [0.2, 0.25) is 0 Å². The van der Waals surface area contributed by atoms with E-state index in [0.29, 0.717) is 5.69 Å². The highest BCUT2D eigenvalue weighted by atomic mass is 19.1. The van der Waals surface area contributed by atoms with Crippen LogP contribution in [0, 0.1) is 12.7 Å². The number of nitrogens with one attached hydrogen (secondary N) is 1. The van der Waals surface area contributed by atoms with Crippen LogP contribution in [0.15, 0.2) is 36.7 Å². The van der Waals surface area contributed by atoms with Crippen molar-refractivity contribution in [2.45, 2.75) is 19.9 Å². The molecule has 4 heteroatoms. The summed E-state index contributed by atoms with van der Waals surface area (Å²) < 4.78 is 13.2. The third-order valence-electron chi connectivity index (χ3n) is 3.15. The highest BCUT2D eigenvalue weighted by Gasteiger charge is 2.17. The summed E-state index contributed by atoms with van der Waals surface area (Å²) in [6, 6.07) is 6.51. The Labute approximate surface area is 112 Å². The van der Waals surface area contributed by atoms with Crippen LogP contribution in [0.25, 0.3) is 0 Å². The third-order valence-corrected chi connectivity index (χ3v) is 3.15. The van der Waals surface area contributed by atoms with Gasteiger partial charge in [0.2, 0.25) is 0 Å². The summed E-state index contributed by atoms with van der Waals surface area (Å²) in [6.07, 6.45) is 3.42. The Balaban J connectivity index is 2.48. The molecular weight excluding hydrogens is 241 g/mol. The van der Waals surface area contributed by atoms with Crippen molar-refractivity contribution in [3.63, 3.8) is 0 Å². The van der Waals surface area contributed by atoms with Crippen molar-refractivity contribution >= 4 is 5.69 Å². The quantitative estimate of drug-likeness (QED) is 0.887. The minimum Gasteiger partial charge on any atom is -0.398 e. The highest BCUT2D eigenvalue weighted by molar-refractivity contribution is 5.50. The van der Waals surface area contributed by atoms with E-state index in [-0.39, 0.29) is 11.9 Å². The van der Waals surface area contributed by atoms with Gasteiger partial charge in [-0.05, 0) is 42.8 Å². The maximum absolute atomic E-state index is 13.2. The summed E-state index contributed by atoms with van der Waals surface area (Å²) >= 11 is 0. The number of hydrogen-bond acceptors (Lipinski definition) is 3. The first-order chi connectivity index (χ1) is 9.13. The molecular formula is C15H18FN3. The highest BCUT2D eigenvalue weighted by Crippen LogP contribution is 2.28. The monoisotopic (exact) mass is 259 g/mol. The Bertz CT molecular complexity index is 569. The molecule has 0 saturated heterocycles. The fraction of sp³-hybridized carbons (Fsp3) is 0.267. The molecule has 3 N–H and O–H groups in total. The molecule has 1 aromatic heterocycles. The second-order valence-corrected chi connectivity index (χ2v) is 4.50. The lowest BCUT2D eigenvalue weighted by atomic mass is 9.95. The first-order valence-electron chi connectivity index (χ1n) is 6.32. The van der Waals surface area contributed by atoms with Crippen LogP contribution < -0.4 is 11.1 Å². The van der Waals surface area contributed by atoms with Gasteiger partial charge in [-0.15, -0.1) is 0 Å². The van der Waals surface area contributed by atoms with Crippen LogP contribution in [0.1, 0.15) is 29.7 Å². The zero-order valence-electron chi connectivity index (χ0n) is 11.2. The van der Waals surface area contributed by atoms with Gasteiger partial charge in [0, 0.05) is 23.6 Å². The Kier molecular flexibility index (Phi) is 4.12. The van der Waals surface area contributed by atoms with Gasteiger partial charge in [0.15, 0.2) is 0 Å². The van der Waals surface area contributed by atoms with Crippen molar-refractivity contribution in [3.05, 3.63) is 59.2 Å². The number of aryl methyl sites for hydroxylation is 1. The second kappa shape index (κ2) is 5.80. The number of anilines is 1. The van der Waals surface area contributed by atoms with E-state index in [4.69, 9.17) is 5.73 Å². The standard InChI is InChI=1S/C15H18FN3/c1-3-19-15(13-9-18-7-6-14(13)17)12-5-4-11(16)8-10(12)2/h4-9,15,19H,3H2,1-2H3,(H2,17,18). The lowest BCUT2D eigenvalue weighted by Crippen LogP contribution is -2.24. The Morgan fingerprint density at radius 3 is 2.74 bits per heavy atom. The maximum atomic E-state index is 13.2. The van der Waals surface area contributed by atoms with Crippen LogP contribution >= 0.6 is 0 Å². The molecule has 1 heterocycles. The molecule has 0 fully saturated rings. The van der Waals surface area contributed by atoms with Crippen molar-refractivity contribution in [3.8, 4) is 0 Å². The lowest BCUT2D eigenvalue weighted by Gasteiger charge is -2.22. The van der Waals surface area contributed by atoms with Crippen molar-refractivity contribution < 1.29 is 4.39 Å². The minimum absolute atomic E-state index is 0.0701. The van der Waals surface area contributed by atoms with Gasteiger partial charge >= 0.3 is 0 Å². The van der Waals surface area contributed by atoms with Crippen LogP contribution in [0.4, 0.5) is 10.1 Å². The number of nitrogen functional groups attached to an aromatic ring is 1. The van der Waals surface area contributed by atoms with Crippen LogP contribution in [-0.4, -0.2) is 11.5 Å². The van der Waals surface area contributed by atoms with Crippen LogP contribution in [0.5, 0.6) is 0 Å². The number of pyridine rings is 1. The second-order valence-electron chi connectivity index (χ2n) is 4.50. The topological polar surface area (TPSA) is 50.9 Å². The number of aromatic nitrogens is 1. The van der Waals surface area contributed by atoms with E-state index in [0.717, 1.165) is 23.2 Å². The fourth-order valence-corrected chi connectivity index (χ4v) is 2.21. The minimum atomic E-state index is -0.226. The van der Waals surface area contributed by atoms with Gasteiger partial charge in [-0.3, -0.25) is 4.98 Å². The maximum Gasteiger partial charge on any atom is 0.123 e. The zero-order chi connectivity index (χ0) is 13.8. The summed E-state index contributed by atoms with van der Waals surface area (Å²) in [5, 5.41) is 3.37. The summed E-state index contributed by atoms with van der Waals surface area (Å²) in [6.45, 7) is 4.71. The molecule has 1 aromatic carbocycles. The molecule has 0 amide bonds. The van der Waals surface area contributed by atoms with Gasteiger partial charge in [-0.2, -0.15) is 0 Å². The molecule has 0 bridgehead atoms. The average Bonchev–Trinajstić information content (AvgIpc) is 2.38. The van der Waals surface area contributed by atoms with Gasteiger partial charge in [0.25, 0.3) is 0 Å². The largest absolute Gasteiger partial charge is 0.398 e. The molecule has 0 aliphatic heterocycles. The van der Waals surface area contributed by atoms with Crippen LogP contribution in [-0.2, 0) is 0 Å². The van der Waals surface area contributed by atoms with Crippen molar-refractivity contribution in [2.24, 2.45) is 0 Å². The first-order valence-corrected chi connectivity index (χ1v) is 6.32. The van der Waals surface area contributed by atoms with Crippen molar-refractivity contribution in [1.29, 1.82) is 0 Å². The zero-order valence-corrected chi connectivity index (χ0v) is 11.2. The first kappa shape index (κ1) is 13.5. The van der Waals surface area contributed by atoms with Crippen LogP contribution in [0.3, 0.4) is 0 Å². The molecule has 0 aliphatic carbocycles. The molecule has 100 valence electrons. The predicted octanol–water partition coefficient (Wildman–Crippen LogP) is 2.81. The van der Waals surface area contributed by atoms with E-state index in [2.05, 4.69) is 10.3 Å². The lowest BCUT2D eigenvalue weighted by molar-refractivity contribution is 0.610. The molecule has 3 nitrogen and oxygen atoms in total. The Morgan fingerprint density at radius 2 is 2.11 bits per heavy atom. The van der Waals surface area contributed by atoms with Crippen molar-refractivity contribution in [1.82, 2.24) is 10.3 Å². The average molecular weight is 259 g/mol. The molecule has 2 rings (SSSR count). The number of halogens is 1. The molecule has 0 aliphatic rings. The van der Waals surface area contributed by atoms with E-state index in [1.54, 1.807) is 24.5 Å². The molecule has 1 atom stereocenters. The smallest absolute Gasteiger partial charge is 0.123 e. The van der Waals surface area contributed by atoms with Gasteiger partial charge < -0.3 is 11.1 Å². The summed E-state index contributed by atoms with van der Waals surface area (Å²) in [5.41, 5.74) is 9.53. The Morgan fingerprint density at radius 1 is 1.32 bits per heavy atom. The number of hydrogen-bond donors (Lipinski definition) is 2. The molecule has 19 heavy (non-hydrogen) atoms. The van der Waals surface area contributed by atoms with Crippen molar-refractivity contribution in [2.75, 3.05) is 12.3 Å². The molecule has 0 spiro atoms. The summed E-state index contributed by atoms with van der Waals surface area (Å²) in [7, 11) is 0. The van der Waals surface area contributed by atoms with Gasteiger partial charge in [-0.1, -0.05) is 13.0 Å². The van der Waals surface area contributed by atoms with E-state index in [1.807, 2.05) is 13.8 Å². The summed E-state index contributed by atoms with van der Waals surface area (Å²) in [5.74, 6) is -0.226.